The molecule has 0 saturated carbocycles. The first-order valence-electron chi connectivity index (χ1n) is 7.89. The van der Waals surface area contributed by atoms with Gasteiger partial charge in [-0.15, -0.1) is 0 Å². The molecule has 0 radical (unpaired) electrons. The van der Waals surface area contributed by atoms with E-state index in [0.717, 1.165) is 43.0 Å². The Kier molecular flexibility index (Phi) is 6.26. The van der Waals surface area contributed by atoms with Gasteiger partial charge in [0.15, 0.2) is 0 Å². The van der Waals surface area contributed by atoms with Gasteiger partial charge >= 0.3 is 0 Å². The Balaban J connectivity index is 1.80. The quantitative estimate of drug-likeness (QED) is 0.824. The van der Waals surface area contributed by atoms with Crippen molar-refractivity contribution in [2.75, 3.05) is 33.9 Å². The van der Waals surface area contributed by atoms with Crippen LogP contribution in [0.15, 0.2) is 18.2 Å². The van der Waals surface area contributed by atoms with Gasteiger partial charge in [0.25, 0.3) is 0 Å². The van der Waals surface area contributed by atoms with E-state index >= 15 is 0 Å². The van der Waals surface area contributed by atoms with Crippen LogP contribution in [0, 0.1) is 0 Å². The maximum atomic E-state index is 11.9. The molecule has 1 saturated heterocycles. The molecule has 0 spiro atoms. The van der Waals surface area contributed by atoms with Gasteiger partial charge in [0.2, 0.25) is 11.8 Å². The van der Waals surface area contributed by atoms with Gasteiger partial charge in [-0.25, -0.2) is 0 Å². The van der Waals surface area contributed by atoms with Crippen LogP contribution in [-0.4, -0.2) is 50.6 Å². The summed E-state index contributed by atoms with van der Waals surface area (Å²) in [4.78, 5) is 25.6. The van der Waals surface area contributed by atoms with Crippen LogP contribution in [0.3, 0.4) is 0 Å². The van der Waals surface area contributed by atoms with E-state index in [4.69, 9.17) is 9.47 Å². The zero-order valence-corrected chi connectivity index (χ0v) is 13.8. The Labute approximate surface area is 136 Å². The Morgan fingerprint density at radius 1 is 1.17 bits per heavy atom. The first-order valence-corrected chi connectivity index (χ1v) is 7.89. The summed E-state index contributed by atoms with van der Waals surface area (Å²) in [6, 6.07) is 5.50. The number of ether oxygens (including phenoxy) is 2. The van der Waals surface area contributed by atoms with Gasteiger partial charge in [0.1, 0.15) is 11.5 Å². The van der Waals surface area contributed by atoms with Gasteiger partial charge in [-0.2, -0.15) is 0 Å². The van der Waals surface area contributed by atoms with E-state index in [1.165, 1.54) is 0 Å². The molecule has 1 N–H and O–H groups in total. The van der Waals surface area contributed by atoms with Crippen molar-refractivity contribution in [1.82, 2.24) is 10.2 Å². The largest absolute Gasteiger partial charge is 0.497 e. The summed E-state index contributed by atoms with van der Waals surface area (Å²) in [5.41, 5.74) is 0.910. The lowest BCUT2D eigenvalue weighted by molar-refractivity contribution is -0.132. The second-order valence-electron chi connectivity index (χ2n) is 5.54. The molecule has 126 valence electrons. The lowest BCUT2D eigenvalue weighted by Crippen LogP contribution is -2.38. The molecule has 1 fully saturated rings. The third-order valence-corrected chi connectivity index (χ3v) is 4.00. The van der Waals surface area contributed by atoms with Gasteiger partial charge in [0.05, 0.1) is 20.8 Å². The minimum Gasteiger partial charge on any atom is -0.497 e. The first-order chi connectivity index (χ1) is 11.1. The van der Waals surface area contributed by atoms with Crippen LogP contribution < -0.4 is 14.8 Å². The van der Waals surface area contributed by atoms with Gasteiger partial charge in [-0.1, -0.05) is 0 Å². The fraction of sp³-hybridized carbons (Fsp3) is 0.529. The molecule has 6 heteroatoms. The zero-order chi connectivity index (χ0) is 16.7. The summed E-state index contributed by atoms with van der Waals surface area (Å²) < 4.78 is 10.5. The second kappa shape index (κ2) is 8.41. The second-order valence-corrected chi connectivity index (χ2v) is 5.54. The molecular formula is C17H24N2O4. The van der Waals surface area contributed by atoms with E-state index in [1.807, 2.05) is 18.2 Å². The number of hydrogen-bond acceptors (Lipinski definition) is 4. The number of carbonyl (C=O) groups is 2. The number of hydrogen-bond donors (Lipinski definition) is 1. The van der Waals surface area contributed by atoms with Crippen molar-refractivity contribution in [3.05, 3.63) is 23.8 Å². The van der Waals surface area contributed by atoms with Crippen LogP contribution in [0.25, 0.3) is 0 Å². The molecule has 1 aliphatic rings. The van der Waals surface area contributed by atoms with Gasteiger partial charge in [-0.05, 0) is 43.0 Å². The monoisotopic (exact) mass is 320 g/mol. The van der Waals surface area contributed by atoms with Crippen molar-refractivity contribution in [3.8, 4) is 11.5 Å². The highest BCUT2D eigenvalue weighted by Crippen LogP contribution is 2.25. The molecule has 1 aromatic rings. The highest BCUT2D eigenvalue weighted by molar-refractivity contribution is 5.85. The number of methoxy groups -OCH3 is 2. The molecule has 0 aliphatic carbocycles. The molecule has 0 aromatic heterocycles. The molecular weight excluding hydrogens is 296 g/mol. The Bertz CT molecular complexity index is 554. The van der Waals surface area contributed by atoms with Crippen LogP contribution in [0.5, 0.6) is 11.5 Å². The van der Waals surface area contributed by atoms with Crippen LogP contribution >= 0.6 is 0 Å². The number of amides is 2. The predicted octanol–water partition coefficient (Wildman–Crippen LogP) is 1.37. The van der Waals surface area contributed by atoms with Crippen LogP contribution in [0.2, 0.25) is 0 Å². The first kappa shape index (κ1) is 17.1. The highest BCUT2D eigenvalue weighted by atomic mass is 16.5. The number of rotatable bonds is 7. The molecule has 0 unspecified atom stereocenters. The third kappa shape index (κ3) is 4.87. The lowest BCUT2D eigenvalue weighted by atomic mass is 10.1. The topological polar surface area (TPSA) is 67.9 Å². The molecule has 2 amide bonds. The lowest BCUT2D eigenvalue weighted by Gasteiger charge is -2.15. The van der Waals surface area contributed by atoms with E-state index in [-0.39, 0.29) is 18.4 Å². The average Bonchev–Trinajstić information content (AvgIpc) is 3.12. The number of nitrogens with one attached hydrogen (secondary N) is 1. The van der Waals surface area contributed by atoms with Crippen molar-refractivity contribution in [2.24, 2.45) is 0 Å². The number of nitrogens with zero attached hydrogens (tertiary/aromatic N) is 1. The number of carbonyl (C=O) groups excluding carboxylic acids is 2. The molecule has 6 nitrogen and oxygen atoms in total. The van der Waals surface area contributed by atoms with Crippen molar-refractivity contribution < 1.29 is 19.1 Å². The van der Waals surface area contributed by atoms with Crippen molar-refractivity contribution in [2.45, 2.75) is 25.7 Å². The van der Waals surface area contributed by atoms with E-state index in [1.54, 1.807) is 19.1 Å². The molecule has 23 heavy (non-hydrogen) atoms. The zero-order valence-electron chi connectivity index (χ0n) is 13.8. The number of benzene rings is 1. The Morgan fingerprint density at radius 2 is 1.91 bits per heavy atom. The fourth-order valence-electron chi connectivity index (χ4n) is 2.67. The van der Waals surface area contributed by atoms with Gasteiger partial charge < -0.3 is 19.7 Å². The Morgan fingerprint density at radius 3 is 2.57 bits per heavy atom. The number of aryl methyl sites for hydroxylation is 1. The summed E-state index contributed by atoms with van der Waals surface area (Å²) in [7, 11) is 3.20. The number of likely N-dealkylation sites (tertiary alicyclic amines) is 1. The SMILES string of the molecule is COc1ccc(OC)c(CCC(=O)NCC(=O)N2CCCC2)c1. The minimum atomic E-state index is -0.137. The molecule has 2 rings (SSSR count). The smallest absolute Gasteiger partial charge is 0.241 e. The van der Waals surface area contributed by atoms with Crippen LogP contribution in [0.1, 0.15) is 24.8 Å². The van der Waals surface area contributed by atoms with Gasteiger partial charge in [0, 0.05) is 19.5 Å². The van der Waals surface area contributed by atoms with E-state index < -0.39 is 0 Å². The fourth-order valence-corrected chi connectivity index (χ4v) is 2.67. The maximum absolute atomic E-state index is 11.9. The normalized spacial score (nSPS) is 13.7. The summed E-state index contributed by atoms with van der Waals surface area (Å²) in [5, 5.41) is 2.69. The Hall–Kier alpha value is -2.24. The van der Waals surface area contributed by atoms with Crippen molar-refractivity contribution in [3.63, 3.8) is 0 Å². The summed E-state index contributed by atoms with van der Waals surface area (Å²) in [6.07, 6.45) is 2.94. The summed E-state index contributed by atoms with van der Waals surface area (Å²) >= 11 is 0. The highest BCUT2D eigenvalue weighted by Gasteiger charge is 2.18. The molecule has 0 atom stereocenters. The predicted molar refractivity (Wildman–Crippen MR) is 86.7 cm³/mol. The third-order valence-electron chi connectivity index (χ3n) is 4.00. The maximum Gasteiger partial charge on any atom is 0.241 e. The van der Waals surface area contributed by atoms with Crippen LogP contribution in [0.4, 0.5) is 0 Å². The average molecular weight is 320 g/mol. The molecule has 1 heterocycles. The van der Waals surface area contributed by atoms with E-state index in [2.05, 4.69) is 5.32 Å². The summed E-state index contributed by atoms with van der Waals surface area (Å²) in [5.74, 6) is 1.31. The van der Waals surface area contributed by atoms with Gasteiger partial charge in [-0.3, -0.25) is 9.59 Å². The summed E-state index contributed by atoms with van der Waals surface area (Å²) in [6.45, 7) is 1.68. The standard InChI is InChI=1S/C17H24N2O4/c1-22-14-6-7-15(23-2)13(11-14)5-8-16(20)18-12-17(21)19-9-3-4-10-19/h6-7,11H,3-5,8-10,12H2,1-2H3,(H,18,20). The molecule has 1 aromatic carbocycles. The van der Waals surface area contributed by atoms with Crippen molar-refractivity contribution >= 4 is 11.8 Å². The minimum absolute atomic E-state index is 0.00480. The van der Waals surface area contributed by atoms with E-state index in [9.17, 15) is 9.59 Å². The van der Waals surface area contributed by atoms with Crippen molar-refractivity contribution in [1.29, 1.82) is 0 Å². The van der Waals surface area contributed by atoms with Crippen LogP contribution in [-0.2, 0) is 16.0 Å². The van der Waals surface area contributed by atoms with E-state index in [0.29, 0.717) is 12.8 Å². The molecule has 0 bridgehead atoms. The molecule has 1 aliphatic heterocycles.